The molecule has 1 rings (SSSR count). The van der Waals surface area contributed by atoms with Crippen molar-refractivity contribution in [3.8, 4) is 5.75 Å². The summed E-state index contributed by atoms with van der Waals surface area (Å²) < 4.78 is 10.7. The van der Waals surface area contributed by atoms with E-state index in [-0.39, 0.29) is 18.0 Å². The lowest BCUT2D eigenvalue weighted by Gasteiger charge is -2.20. The molecule has 1 atom stereocenters. The standard InChI is InChI=1S/C16H25NO3/c1-6-19-15(18)14(17-5)11-20-13-9-7-8-12(10-13)16(2,3)4/h7-10,14,17H,6,11H2,1-5H3. The summed E-state index contributed by atoms with van der Waals surface area (Å²) >= 11 is 0. The molecule has 0 aromatic heterocycles. The summed E-state index contributed by atoms with van der Waals surface area (Å²) in [5.74, 6) is 0.476. The van der Waals surface area contributed by atoms with Gasteiger partial charge < -0.3 is 14.8 Å². The number of ether oxygens (including phenoxy) is 2. The van der Waals surface area contributed by atoms with Crippen LogP contribution in [0, 0.1) is 0 Å². The number of nitrogens with one attached hydrogen (secondary N) is 1. The number of esters is 1. The summed E-state index contributed by atoms with van der Waals surface area (Å²) in [6, 6.07) is 7.50. The van der Waals surface area contributed by atoms with E-state index in [1.54, 1.807) is 14.0 Å². The van der Waals surface area contributed by atoms with Crippen molar-refractivity contribution in [3.63, 3.8) is 0 Å². The van der Waals surface area contributed by atoms with Crippen LogP contribution in [-0.2, 0) is 14.9 Å². The van der Waals surface area contributed by atoms with Crippen molar-refractivity contribution in [1.29, 1.82) is 0 Å². The first-order valence-electron chi connectivity index (χ1n) is 6.95. The first-order chi connectivity index (χ1) is 9.38. The van der Waals surface area contributed by atoms with E-state index in [2.05, 4.69) is 32.2 Å². The van der Waals surface area contributed by atoms with Crippen molar-refractivity contribution in [1.82, 2.24) is 5.32 Å². The molecule has 0 amide bonds. The number of hydrogen-bond donors (Lipinski definition) is 1. The fourth-order valence-corrected chi connectivity index (χ4v) is 1.74. The first-order valence-corrected chi connectivity index (χ1v) is 6.95. The molecule has 112 valence electrons. The maximum atomic E-state index is 11.7. The molecule has 0 bridgehead atoms. The second-order valence-electron chi connectivity index (χ2n) is 5.68. The van der Waals surface area contributed by atoms with Gasteiger partial charge in [-0.1, -0.05) is 32.9 Å². The summed E-state index contributed by atoms with van der Waals surface area (Å²) in [5.41, 5.74) is 1.27. The first kappa shape index (κ1) is 16.5. The van der Waals surface area contributed by atoms with E-state index in [9.17, 15) is 4.79 Å². The summed E-state index contributed by atoms with van der Waals surface area (Å²) in [6.07, 6.45) is 0. The lowest BCUT2D eigenvalue weighted by atomic mass is 9.87. The molecule has 20 heavy (non-hydrogen) atoms. The number of benzene rings is 1. The van der Waals surface area contributed by atoms with Crippen LogP contribution in [0.15, 0.2) is 24.3 Å². The molecular formula is C16H25NO3. The van der Waals surface area contributed by atoms with E-state index in [0.29, 0.717) is 6.61 Å². The summed E-state index contributed by atoms with van der Waals surface area (Å²) in [6.45, 7) is 8.88. The number of carbonyl (C=O) groups is 1. The topological polar surface area (TPSA) is 47.6 Å². The van der Waals surface area contributed by atoms with E-state index < -0.39 is 6.04 Å². The molecule has 0 radical (unpaired) electrons. The Morgan fingerprint density at radius 1 is 1.35 bits per heavy atom. The van der Waals surface area contributed by atoms with Gasteiger partial charge in [-0.05, 0) is 37.1 Å². The van der Waals surface area contributed by atoms with Crippen molar-refractivity contribution in [2.45, 2.75) is 39.2 Å². The highest BCUT2D eigenvalue weighted by molar-refractivity contribution is 5.75. The van der Waals surface area contributed by atoms with Gasteiger partial charge in [-0.3, -0.25) is 4.79 Å². The van der Waals surface area contributed by atoms with Gasteiger partial charge in [0.05, 0.1) is 6.61 Å². The number of rotatable bonds is 6. The summed E-state index contributed by atoms with van der Waals surface area (Å²) in [5, 5.41) is 2.90. The minimum atomic E-state index is -0.451. The molecule has 1 aromatic carbocycles. The van der Waals surface area contributed by atoms with Crippen LogP contribution in [0.25, 0.3) is 0 Å². The van der Waals surface area contributed by atoms with Crippen molar-refractivity contribution in [2.24, 2.45) is 0 Å². The van der Waals surface area contributed by atoms with Crippen LogP contribution in [0.3, 0.4) is 0 Å². The van der Waals surface area contributed by atoms with Crippen LogP contribution in [0.4, 0.5) is 0 Å². The third-order valence-electron chi connectivity index (χ3n) is 3.04. The maximum absolute atomic E-state index is 11.7. The van der Waals surface area contributed by atoms with E-state index in [4.69, 9.17) is 9.47 Å². The Hall–Kier alpha value is -1.55. The summed E-state index contributed by atoms with van der Waals surface area (Å²) in [7, 11) is 1.72. The van der Waals surface area contributed by atoms with Gasteiger partial charge in [0.15, 0.2) is 0 Å². The Kier molecular flexibility index (Phi) is 6.02. The smallest absolute Gasteiger partial charge is 0.326 e. The maximum Gasteiger partial charge on any atom is 0.326 e. The van der Waals surface area contributed by atoms with E-state index in [1.807, 2.05) is 18.2 Å². The molecule has 1 N–H and O–H groups in total. The Morgan fingerprint density at radius 3 is 2.60 bits per heavy atom. The molecule has 1 aromatic rings. The lowest BCUT2D eigenvalue weighted by molar-refractivity contribution is -0.146. The van der Waals surface area contributed by atoms with Gasteiger partial charge in [0.1, 0.15) is 18.4 Å². The molecule has 0 saturated heterocycles. The van der Waals surface area contributed by atoms with Crippen LogP contribution in [0.1, 0.15) is 33.3 Å². The van der Waals surface area contributed by atoms with Gasteiger partial charge in [-0.25, -0.2) is 0 Å². The van der Waals surface area contributed by atoms with Crippen LogP contribution in [0.5, 0.6) is 5.75 Å². The highest BCUT2D eigenvalue weighted by Gasteiger charge is 2.19. The third kappa shape index (κ3) is 4.85. The lowest BCUT2D eigenvalue weighted by Crippen LogP contribution is -2.40. The second kappa shape index (κ2) is 7.29. The Morgan fingerprint density at radius 2 is 2.05 bits per heavy atom. The number of carbonyl (C=O) groups excluding carboxylic acids is 1. The number of likely N-dealkylation sites (N-methyl/N-ethyl adjacent to an activating group) is 1. The molecule has 1 unspecified atom stereocenters. The van der Waals surface area contributed by atoms with Crippen LogP contribution < -0.4 is 10.1 Å². The van der Waals surface area contributed by atoms with E-state index in [0.717, 1.165) is 5.75 Å². The van der Waals surface area contributed by atoms with E-state index in [1.165, 1.54) is 5.56 Å². The Labute approximate surface area is 121 Å². The molecule has 0 aliphatic carbocycles. The van der Waals surface area contributed by atoms with Crippen molar-refractivity contribution in [3.05, 3.63) is 29.8 Å². The molecule has 4 nitrogen and oxygen atoms in total. The SMILES string of the molecule is CCOC(=O)C(COc1cccc(C(C)(C)C)c1)NC. The highest BCUT2D eigenvalue weighted by atomic mass is 16.5. The van der Waals surface area contributed by atoms with Crippen molar-refractivity contribution >= 4 is 5.97 Å². The van der Waals surface area contributed by atoms with Crippen molar-refractivity contribution in [2.75, 3.05) is 20.3 Å². The Balaban J connectivity index is 2.67. The van der Waals surface area contributed by atoms with Gasteiger partial charge in [-0.2, -0.15) is 0 Å². The minimum Gasteiger partial charge on any atom is -0.491 e. The van der Waals surface area contributed by atoms with Crippen molar-refractivity contribution < 1.29 is 14.3 Å². The molecule has 0 aliphatic heterocycles. The fourth-order valence-electron chi connectivity index (χ4n) is 1.74. The molecular weight excluding hydrogens is 254 g/mol. The van der Waals surface area contributed by atoms with Gasteiger partial charge in [-0.15, -0.1) is 0 Å². The van der Waals surface area contributed by atoms with E-state index >= 15 is 0 Å². The van der Waals surface area contributed by atoms with Gasteiger partial charge >= 0.3 is 5.97 Å². The van der Waals surface area contributed by atoms with Crippen LogP contribution in [0.2, 0.25) is 0 Å². The minimum absolute atomic E-state index is 0.0723. The average molecular weight is 279 g/mol. The predicted molar refractivity (Wildman–Crippen MR) is 80.1 cm³/mol. The zero-order valence-electron chi connectivity index (χ0n) is 13.0. The zero-order chi connectivity index (χ0) is 15.2. The third-order valence-corrected chi connectivity index (χ3v) is 3.04. The monoisotopic (exact) mass is 279 g/mol. The molecule has 0 spiro atoms. The highest BCUT2D eigenvalue weighted by Crippen LogP contribution is 2.25. The largest absolute Gasteiger partial charge is 0.491 e. The Bertz CT molecular complexity index is 438. The fraction of sp³-hybridized carbons (Fsp3) is 0.562. The molecule has 0 heterocycles. The molecule has 4 heteroatoms. The van der Waals surface area contributed by atoms with Gasteiger partial charge in [0.25, 0.3) is 0 Å². The number of hydrogen-bond acceptors (Lipinski definition) is 4. The molecule has 0 aliphatic rings. The zero-order valence-corrected chi connectivity index (χ0v) is 13.0. The average Bonchev–Trinajstić information content (AvgIpc) is 2.39. The van der Waals surface area contributed by atoms with Crippen LogP contribution in [-0.4, -0.2) is 32.3 Å². The van der Waals surface area contributed by atoms with Gasteiger partial charge in [0, 0.05) is 0 Å². The predicted octanol–water partition coefficient (Wildman–Crippen LogP) is 2.51. The molecule has 0 saturated carbocycles. The normalized spacial score (nSPS) is 12.8. The second-order valence-corrected chi connectivity index (χ2v) is 5.68. The quantitative estimate of drug-likeness (QED) is 0.813. The van der Waals surface area contributed by atoms with Crippen LogP contribution >= 0.6 is 0 Å². The summed E-state index contributed by atoms with van der Waals surface area (Å²) in [4.78, 5) is 11.7. The molecule has 0 fully saturated rings. The van der Waals surface area contributed by atoms with Gasteiger partial charge in [0.2, 0.25) is 0 Å².